The molecule has 0 saturated carbocycles. The van der Waals surface area contributed by atoms with Crippen molar-refractivity contribution in [1.82, 2.24) is 10.2 Å². The monoisotopic (exact) mass is 319 g/mol. The van der Waals surface area contributed by atoms with Crippen LogP contribution in [0, 0.1) is 12.8 Å². The van der Waals surface area contributed by atoms with Gasteiger partial charge >= 0.3 is 0 Å². The molecule has 23 heavy (non-hydrogen) atoms. The first-order valence-electron chi connectivity index (χ1n) is 8.60. The van der Waals surface area contributed by atoms with E-state index in [1.54, 1.807) is 4.90 Å². The fourth-order valence-electron chi connectivity index (χ4n) is 3.45. The van der Waals surface area contributed by atoms with Gasteiger partial charge < -0.3 is 15.1 Å². The van der Waals surface area contributed by atoms with Gasteiger partial charge in [-0.05, 0) is 38.4 Å². The third-order valence-corrected chi connectivity index (χ3v) is 4.95. The number of alkyl halides is 1. The number of anilines is 1. The smallest absolute Gasteiger partial charge is 0.257 e. The molecule has 5 heteroatoms. The van der Waals surface area contributed by atoms with Crippen LogP contribution >= 0.6 is 0 Å². The number of aryl methyl sites for hydroxylation is 1. The standard InChI is InChI=1S/C18H26FN3O/c1-14-3-5-16(6-4-14)21-9-2-10-22(12-11-21)18(23)17(19)15-7-8-20-13-15/h3-6,15,17,20H,2,7-13H2,1H3. The highest BCUT2D eigenvalue weighted by molar-refractivity contribution is 5.81. The molecule has 1 aromatic rings. The van der Waals surface area contributed by atoms with Gasteiger partial charge in [0.05, 0.1) is 0 Å². The summed E-state index contributed by atoms with van der Waals surface area (Å²) in [6.45, 7) is 6.45. The van der Waals surface area contributed by atoms with E-state index in [1.165, 1.54) is 11.3 Å². The maximum absolute atomic E-state index is 14.4. The number of carbonyl (C=O) groups excluding carboxylic acids is 1. The summed E-state index contributed by atoms with van der Waals surface area (Å²) < 4.78 is 14.4. The van der Waals surface area contributed by atoms with Crippen LogP contribution in [0.3, 0.4) is 0 Å². The Balaban J connectivity index is 1.59. The molecule has 0 spiro atoms. The lowest BCUT2D eigenvalue weighted by Crippen LogP contribution is -2.43. The molecule has 1 amide bonds. The van der Waals surface area contributed by atoms with Gasteiger partial charge in [0.15, 0.2) is 6.17 Å². The predicted molar refractivity (Wildman–Crippen MR) is 90.5 cm³/mol. The van der Waals surface area contributed by atoms with Gasteiger partial charge in [-0.25, -0.2) is 4.39 Å². The summed E-state index contributed by atoms with van der Waals surface area (Å²) in [7, 11) is 0. The summed E-state index contributed by atoms with van der Waals surface area (Å²) in [6, 6.07) is 8.45. The van der Waals surface area contributed by atoms with E-state index in [1.807, 2.05) is 0 Å². The van der Waals surface area contributed by atoms with Gasteiger partial charge in [-0.15, -0.1) is 0 Å². The van der Waals surface area contributed by atoms with Crippen LogP contribution in [0.4, 0.5) is 10.1 Å². The quantitative estimate of drug-likeness (QED) is 0.925. The fraction of sp³-hybridized carbons (Fsp3) is 0.611. The van der Waals surface area contributed by atoms with Crippen molar-refractivity contribution in [2.45, 2.75) is 25.9 Å². The Morgan fingerprint density at radius 3 is 2.70 bits per heavy atom. The van der Waals surface area contributed by atoms with Crippen LogP contribution < -0.4 is 10.2 Å². The third-order valence-electron chi connectivity index (χ3n) is 4.95. The molecule has 1 N–H and O–H groups in total. The molecule has 0 radical (unpaired) electrons. The zero-order valence-electron chi connectivity index (χ0n) is 13.8. The van der Waals surface area contributed by atoms with Crippen molar-refractivity contribution in [3.8, 4) is 0 Å². The second kappa shape index (κ2) is 7.30. The summed E-state index contributed by atoms with van der Waals surface area (Å²) >= 11 is 0. The highest BCUT2D eigenvalue weighted by Crippen LogP contribution is 2.21. The van der Waals surface area contributed by atoms with Gasteiger partial charge in [0.2, 0.25) is 0 Å². The zero-order valence-corrected chi connectivity index (χ0v) is 13.8. The predicted octanol–water partition coefficient (Wildman–Crippen LogP) is 1.98. The average molecular weight is 319 g/mol. The second-order valence-corrected chi connectivity index (χ2v) is 6.66. The first kappa shape index (κ1) is 16.2. The average Bonchev–Trinajstić information content (AvgIpc) is 2.99. The maximum atomic E-state index is 14.4. The van der Waals surface area contributed by atoms with Gasteiger partial charge in [-0.1, -0.05) is 17.7 Å². The van der Waals surface area contributed by atoms with E-state index in [0.29, 0.717) is 19.6 Å². The van der Waals surface area contributed by atoms with Crippen molar-refractivity contribution in [2.75, 3.05) is 44.2 Å². The molecule has 1 aromatic carbocycles. The van der Waals surface area contributed by atoms with Crippen molar-refractivity contribution >= 4 is 11.6 Å². The summed E-state index contributed by atoms with van der Waals surface area (Å²) in [5.41, 5.74) is 2.42. The molecular weight excluding hydrogens is 293 g/mol. The second-order valence-electron chi connectivity index (χ2n) is 6.66. The Morgan fingerprint density at radius 2 is 2.00 bits per heavy atom. The number of halogens is 1. The van der Waals surface area contributed by atoms with E-state index in [9.17, 15) is 9.18 Å². The Morgan fingerprint density at radius 1 is 1.22 bits per heavy atom. The fourth-order valence-corrected chi connectivity index (χ4v) is 3.45. The number of nitrogens with one attached hydrogen (secondary N) is 1. The third kappa shape index (κ3) is 3.83. The Kier molecular flexibility index (Phi) is 5.16. The lowest BCUT2D eigenvalue weighted by Gasteiger charge is -2.26. The Hall–Kier alpha value is -1.62. The maximum Gasteiger partial charge on any atom is 0.257 e. The molecule has 2 aliphatic heterocycles. The molecule has 2 heterocycles. The first-order chi connectivity index (χ1) is 11.1. The highest BCUT2D eigenvalue weighted by atomic mass is 19.1. The topological polar surface area (TPSA) is 35.6 Å². The number of rotatable bonds is 3. The largest absolute Gasteiger partial charge is 0.370 e. The number of amides is 1. The Bertz CT molecular complexity index is 528. The molecule has 3 rings (SSSR count). The van der Waals surface area contributed by atoms with Gasteiger partial charge in [0.1, 0.15) is 0 Å². The molecule has 0 aromatic heterocycles. The molecule has 2 atom stereocenters. The molecule has 0 aliphatic carbocycles. The first-order valence-corrected chi connectivity index (χ1v) is 8.60. The van der Waals surface area contributed by atoms with Crippen LogP contribution in [-0.4, -0.2) is 56.2 Å². The van der Waals surface area contributed by atoms with Gasteiger partial charge in [0, 0.05) is 44.3 Å². The molecule has 0 bridgehead atoms. The molecule has 2 aliphatic rings. The number of nitrogens with zero attached hydrogens (tertiary/aromatic N) is 2. The van der Waals surface area contributed by atoms with Crippen LogP contribution in [0.5, 0.6) is 0 Å². The highest BCUT2D eigenvalue weighted by Gasteiger charge is 2.34. The molecule has 2 saturated heterocycles. The van der Waals surface area contributed by atoms with E-state index in [2.05, 4.69) is 41.4 Å². The summed E-state index contributed by atoms with van der Waals surface area (Å²) in [4.78, 5) is 16.4. The minimum absolute atomic E-state index is 0.154. The van der Waals surface area contributed by atoms with Crippen LogP contribution in [0.15, 0.2) is 24.3 Å². The normalized spacial score (nSPS) is 23.7. The van der Waals surface area contributed by atoms with Crippen molar-refractivity contribution in [3.63, 3.8) is 0 Å². The lowest BCUT2D eigenvalue weighted by atomic mass is 10.0. The van der Waals surface area contributed by atoms with Gasteiger partial charge in [0.25, 0.3) is 5.91 Å². The number of hydrogen-bond acceptors (Lipinski definition) is 3. The van der Waals surface area contributed by atoms with E-state index < -0.39 is 6.17 Å². The molecule has 2 unspecified atom stereocenters. The summed E-state index contributed by atoms with van der Waals surface area (Å²) in [6.07, 6.45) is 0.293. The van der Waals surface area contributed by atoms with Crippen LogP contribution in [0.2, 0.25) is 0 Å². The lowest BCUT2D eigenvalue weighted by molar-refractivity contribution is -0.138. The van der Waals surface area contributed by atoms with Gasteiger partial charge in [-0.2, -0.15) is 0 Å². The molecule has 2 fully saturated rings. The molecule has 4 nitrogen and oxygen atoms in total. The molecule has 126 valence electrons. The van der Waals surface area contributed by atoms with Crippen LogP contribution in [-0.2, 0) is 4.79 Å². The number of benzene rings is 1. The zero-order chi connectivity index (χ0) is 16.2. The van der Waals surface area contributed by atoms with E-state index >= 15 is 0 Å². The minimum atomic E-state index is -1.35. The van der Waals surface area contributed by atoms with E-state index in [4.69, 9.17) is 0 Å². The summed E-state index contributed by atoms with van der Waals surface area (Å²) in [5.74, 6) is -0.469. The van der Waals surface area contributed by atoms with Crippen molar-refractivity contribution in [2.24, 2.45) is 5.92 Å². The number of hydrogen-bond donors (Lipinski definition) is 1. The van der Waals surface area contributed by atoms with Crippen LogP contribution in [0.1, 0.15) is 18.4 Å². The van der Waals surface area contributed by atoms with Gasteiger partial charge in [-0.3, -0.25) is 4.79 Å². The van der Waals surface area contributed by atoms with E-state index in [-0.39, 0.29) is 11.8 Å². The van der Waals surface area contributed by atoms with Crippen molar-refractivity contribution in [3.05, 3.63) is 29.8 Å². The summed E-state index contributed by atoms with van der Waals surface area (Å²) in [5, 5.41) is 3.14. The van der Waals surface area contributed by atoms with E-state index in [0.717, 1.165) is 32.5 Å². The van der Waals surface area contributed by atoms with Crippen LogP contribution in [0.25, 0.3) is 0 Å². The Labute approximate surface area is 137 Å². The molecular formula is C18H26FN3O. The minimum Gasteiger partial charge on any atom is -0.370 e. The van der Waals surface area contributed by atoms with Crippen molar-refractivity contribution in [1.29, 1.82) is 0 Å². The number of carbonyl (C=O) groups is 1. The SMILES string of the molecule is Cc1ccc(N2CCCN(C(=O)C(F)C3CCNC3)CC2)cc1. The van der Waals surface area contributed by atoms with Crippen molar-refractivity contribution < 1.29 is 9.18 Å².